The average Bonchev–Trinajstić information content (AvgIpc) is 3.59. The smallest absolute Gasteiger partial charge is 0.331 e. The Morgan fingerprint density at radius 1 is 1.25 bits per heavy atom. The lowest BCUT2D eigenvalue weighted by atomic mass is 9.85. The third-order valence-corrected chi connectivity index (χ3v) is 7.57. The number of nitrogens with zero attached hydrogens (tertiary/aromatic N) is 4. The minimum absolute atomic E-state index is 0.000370. The van der Waals surface area contributed by atoms with Crippen LogP contribution in [0.25, 0.3) is 0 Å². The molecule has 1 aliphatic rings. The highest BCUT2D eigenvalue weighted by Gasteiger charge is 2.60. The van der Waals surface area contributed by atoms with Gasteiger partial charge in [-0.15, -0.1) is 11.3 Å². The Bertz CT molecular complexity index is 1210. The van der Waals surface area contributed by atoms with E-state index < -0.39 is 23.5 Å². The van der Waals surface area contributed by atoms with Crippen LogP contribution in [-0.4, -0.2) is 63.0 Å². The van der Waals surface area contributed by atoms with Crippen LogP contribution in [-0.2, 0) is 21.5 Å². The molecule has 1 amide bonds. The maximum atomic E-state index is 14.3. The van der Waals surface area contributed by atoms with Gasteiger partial charge in [-0.2, -0.15) is 5.10 Å². The number of carboxylic acids is 1. The number of rotatable bonds is 8. The topological polar surface area (TPSA) is 107 Å². The third kappa shape index (κ3) is 4.62. The van der Waals surface area contributed by atoms with E-state index in [1.165, 1.54) is 16.2 Å². The number of carbonyl (C=O) groups excluding carboxylic acids is 1. The molecule has 9 nitrogen and oxygen atoms in total. The Hall–Kier alpha value is -3.24. The van der Waals surface area contributed by atoms with Gasteiger partial charge in [0, 0.05) is 42.6 Å². The van der Waals surface area contributed by atoms with Gasteiger partial charge >= 0.3 is 5.97 Å². The zero-order chi connectivity index (χ0) is 26.1. The highest BCUT2D eigenvalue weighted by Crippen LogP contribution is 2.49. The number of amides is 1. The van der Waals surface area contributed by atoms with Crippen molar-refractivity contribution in [3.63, 3.8) is 0 Å². The van der Waals surface area contributed by atoms with Gasteiger partial charge in [0.1, 0.15) is 10.8 Å². The summed E-state index contributed by atoms with van der Waals surface area (Å²) in [6.45, 7) is 6.50. The molecule has 0 unspecified atom stereocenters. The predicted molar refractivity (Wildman–Crippen MR) is 135 cm³/mol. The summed E-state index contributed by atoms with van der Waals surface area (Å²) in [7, 11) is 3.15. The summed E-state index contributed by atoms with van der Waals surface area (Å²) < 4.78 is 12.7. The Balaban J connectivity index is 1.88. The summed E-state index contributed by atoms with van der Waals surface area (Å²) in [5, 5.41) is 17.4. The molecule has 10 heteroatoms. The van der Waals surface area contributed by atoms with E-state index in [9.17, 15) is 14.7 Å². The van der Waals surface area contributed by atoms with Crippen LogP contribution < -0.4 is 4.74 Å². The molecule has 0 aliphatic carbocycles. The second-order valence-corrected chi connectivity index (χ2v) is 11.0. The first-order valence-corrected chi connectivity index (χ1v) is 12.6. The lowest BCUT2D eigenvalue weighted by Gasteiger charge is -2.37. The molecule has 0 spiro atoms. The molecule has 0 bridgehead atoms. The number of thiazole rings is 1. The van der Waals surface area contributed by atoms with Gasteiger partial charge in [-0.05, 0) is 35.6 Å². The van der Waals surface area contributed by atoms with Crippen molar-refractivity contribution in [2.75, 3.05) is 20.8 Å². The van der Waals surface area contributed by atoms with E-state index >= 15 is 0 Å². The van der Waals surface area contributed by atoms with Gasteiger partial charge < -0.3 is 19.5 Å². The molecule has 3 aromatic rings. The van der Waals surface area contributed by atoms with Gasteiger partial charge in [0.05, 0.1) is 26.3 Å². The molecule has 3 heterocycles. The van der Waals surface area contributed by atoms with Crippen LogP contribution in [0.5, 0.6) is 5.75 Å². The van der Waals surface area contributed by atoms with Crippen molar-refractivity contribution in [3.8, 4) is 5.75 Å². The van der Waals surface area contributed by atoms with E-state index in [1.807, 2.05) is 11.4 Å². The largest absolute Gasteiger partial charge is 0.496 e. The molecule has 1 aromatic carbocycles. The summed E-state index contributed by atoms with van der Waals surface area (Å²) in [4.78, 5) is 33.3. The van der Waals surface area contributed by atoms with Gasteiger partial charge in [0.15, 0.2) is 5.54 Å². The molecular formula is C26H32N4O5S. The maximum Gasteiger partial charge on any atom is 0.331 e. The van der Waals surface area contributed by atoms with Crippen molar-refractivity contribution >= 4 is 23.2 Å². The van der Waals surface area contributed by atoms with Crippen LogP contribution in [0.15, 0.2) is 48.2 Å². The molecule has 1 saturated heterocycles. The predicted octanol–water partition coefficient (Wildman–Crippen LogP) is 4.02. The fourth-order valence-corrected chi connectivity index (χ4v) is 5.96. The molecule has 1 N–H and O–H groups in total. The zero-order valence-corrected chi connectivity index (χ0v) is 22.0. The van der Waals surface area contributed by atoms with Crippen molar-refractivity contribution in [2.45, 2.75) is 50.7 Å². The molecule has 36 heavy (non-hydrogen) atoms. The number of aromatic nitrogens is 3. The van der Waals surface area contributed by atoms with Gasteiger partial charge in [-0.25, -0.2) is 9.78 Å². The van der Waals surface area contributed by atoms with E-state index in [-0.39, 0.29) is 30.9 Å². The van der Waals surface area contributed by atoms with E-state index in [0.717, 1.165) is 5.56 Å². The lowest BCUT2D eigenvalue weighted by molar-refractivity contribution is -0.150. The standard InChI is InChI=1S/C26H32N4O5S/c1-25(2,3)19-8-7-17(13-20(19)35-5)23(31)30-21(22-27-10-12-36-22)18(15-34-4)14-26(30,24(32)33)16-29-11-6-9-28-29/h6-13,18,21H,14-16H2,1-5H3,(H,32,33)/t18-,21-,26+/m1/s1. The summed E-state index contributed by atoms with van der Waals surface area (Å²) in [5.74, 6) is -1.18. The summed E-state index contributed by atoms with van der Waals surface area (Å²) in [6, 6.07) is 6.49. The van der Waals surface area contributed by atoms with Gasteiger partial charge in [-0.1, -0.05) is 26.8 Å². The fourth-order valence-electron chi connectivity index (χ4n) is 5.14. The third-order valence-electron chi connectivity index (χ3n) is 6.73. The Morgan fingerprint density at radius 3 is 2.58 bits per heavy atom. The number of methoxy groups -OCH3 is 2. The van der Waals surface area contributed by atoms with E-state index in [4.69, 9.17) is 9.47 Å². The molecule has 1 aliphatic heterocycles. The monoisotopic (exact) mass is 512 g/mol. The van der Waals surface area contributed by atoms with Crippen molar-refractivity contribution in [1.82, 2.24) is 19.7 Å². The number of benzene rings is 1. The van der Waals surface area contributed by atoms with Crippen molar-refractivity contribution in [1.29, 1.82) is 0 Å². The van der Waals surface area contributed by atoms with Crippen LogP contribution >= 0.6 is 11.3 Å². The van der Waals surface area contributed by atoms with Crippen molar-refractivity contribution < 1.29 is 24.2 Å². The molecule has 0 saturated carbocycles. The van der Waals surface area contributed by atoms with E-state index in [2.05, 4.69) is 30.9 Å². The molecule has 1 fully saturated rings. The molecule has 0 radical (unpaired) electrons. The first kappa shape index (κ1) is 25.8. The van der Waals surface area contributed by atoms with Crippen LogP contribution in [0, 0.1) is 5.92 Å². The van der Waals surface area contributed by atoms with Gasteiger partial charge in [-0.3, -0.25) is 9.48 Å². The first-order chi connectivity index (χ1) is 17.1. The van der Waals surface area contributed by atoms with Crippen LogP contribution in [0.1, 0.15) is 54.2 Å². The number of hydrogen-bond acceptors (Lipinski definition) is 7. The second-order valence-electron chi connectivity index (χ2n) is 10.1. The molecule has 4 rings (SSSR count). The molecule has 2 aromatic heterocycles. The molecular weight excluding hydrogens is 480 g/mol. The van der Waals surface area contributed by atoms with Crippen LogP contribution in [0.2, 0.25) is 0 Å². The van der Waals surface area contributed by atoms with E-state index in [0.29, 0.717) is 16.3 Å². The Kier molecular flexibility index (Phi) is 7.19. The number of carbonyl (C=O) groups is 2. The fraction of sp³-hybridized carbons (Fsp3) is 0.462. The lowest BCUT2D eigenvalue weighted by Crippen LogP contribution is -2.56. The number of carboxylic acid groups (broad SMARTS) is 1. The molecule has 192 valence electrons. The number of hydrogen-bond donors (Lipinski definition) is 1. The Morgan fingerprint density at radius 2 is 2.03 bits per heavy atom. The minimum atomic E-state index is -1.56. The normalized spacial score (nSPS) is 22.1. The summed E-state index contributed by atoms with van der Waals surface area (Å²) >= 11 is 1.40. The Labute approximate surface area is 214 Å². The quantitative estimate of drug-likeness (QED) is 0.486. The SMILES string of the molecule is COC[C@H]1C[C@](Cn2cccn2)(C(=O)O)N(C(=O)c2ccc(C(C)(C)C)c(OC)c2)[C@H]1c1nccs1. The molecule has 3 atom stereocenters. The first-order valence-electron chi connectivity index (χ1n) is 11.7. The van der Waals surface area contributed by atoms with Gasteiger partial charge in [0.2, 0.25) is 0 Å². The van der Waals surface area contributed by atoms with Crippen molar-refractivity contribution in [3.05, 3.63) is 64.4 Å². The highest BCUT2D eigenvalue weighted by atomic mass is 32.1. The summed E-state index contributed by atoms with van der Waals surface area (Å²) in [5.41, 5.74) is -0.444. The number of aliphatic carboxylic acids is 1. The second kappa shape index (κ2) is 10.0. The number of ether oxygens (including phenoxy) is 2. The van der Waals surface area contributed by atoms with Gasteiger partial charge in [0.25, 0.3) is 5.91 Å². The van der Waals surface area contributed by atoms with E-state index in [1.54, 1.807) is 55.7 Å². The number of likely N-dealkylation sites (tertiary alicyclic amines) is 1. The highest BCUT2D eigenvalue weighted by molar-refractivity contribution is 7.09. The van der Waals surface area contributed by atoms with Crippen LogP contribution in [0.3, 0.4) is 0 Å². The zero-order valence-electron chi connectivity index (χ0n) is 21.2. The average molecular weight is 513 g/mol. The maximum absolute atomic E-state index is 14.3. The van der Waals surface area contributed by atoms with Crippen LogP contribution in [0.4, 0.5) is 0 Å². The summed E-state index contributed by atoms with van der Waals surface area (Å²) in [6.07, 6.45) is 5.17. The minimum Gasteiger partial charge on any atom is -0.496 e. The van der Waals surface area contributed by atoms with Crippen molar-refractivity contribution in [2.24, 2.45) is 5.92 Å².